The van der Waals surface area contributed by atoms with E-state index in [4.69, 9.17) is 14.6 Å². The van der Waals surface area contributed by atoms with E-state index in [2.05, 4.69) is 0 Å². The maximum Gasteiger partial charge on any atom is 0.120 e. The molecule has 0 saturated carbocycles. The molecule has 0 aromatic heterocycles. The van der Waals surface area contributed by atoms with Crippen molar-refractivity contribution in [3.63, 3.8) is 0 Å². The Hall–Kier alpha value is -1.65. The number of benzene rings is 2. The SMILES string of the molecule is CC.CCOc1ccc(Sc2cccc(OCCO)c2)cc1. The van der Waals surface area contributed by atoms with Crippen LogP contribution in [0.3, 0.4) is 0 Å². The van der Waals surface area contributed by atoms with Crippen molar-refractivity contribution in [2.45, 2.75) is 30.6 Å². The average Bonchev–Trinajstić information content (AvgIpc) is 2.57. The van der Waals surface area contributed by atoms with Gasteiger partial charge >= 0.3 is 0 Å². The van der Waals surface area contributed by atoms with Gasteiger partial charge in [0.25, 0.3) is 0 Å². The molecule has 0 atom stereocenters. The van der Waals surface area contributed by atoms with Crippen molar-refractivity contribution >= 4 is 11.8 Å². The summed E-state index contributed by atoms with van der Waals surface area (Å²) in [7, 11) is 0. The Morgan fingerprint density at radius 3 is 2.27 bits per heavy atom. The average molecular weight is 320 g/mol. The Bertz CT molecular complexity index is 526. The third-order valence-corrected chi connectivity index (χ3v) is 3.53. The number of hydrogen-bond acceptors (Lipinski definition) is 4. The van der Waals surface area contributed by atoms with Crippen LogP contribution >= 0.6 is 11.8 Å². The van der Waals surface area contributed by atoms with Crippen molar-refractivity contribution in [2.75, 3.05) is 19.8 Å². The molecule has 0 radical (unpaired) electrons. The lowest BCUT2D eigenvalue weighted by atomic mass is 10.3. The molecule has 4 heteroatoms. The zero-order chi connectivity index (χ0) is 16.2. The number of rotatable bonds is 7. The van der Waals surface area contributed by atoms with Gasteiger partial charge in [0.1, 0.15) is 18.1 Å². The number of ether oxygens (including phenoxy) is 2. The Kier molecular flexibility index (Phi) is 9.19. The molecule has 0 saturated heterocycles. The molecular formula is C18H24O3S. The highest BCUT2D eigenvalue weighted by atomic mass is 32.2. The molecule has 0 amide bonds. The molecule has 3 nitrogen and oxygen atoms in total. The van der Waals surface area contributed by atoms with Gasteiger partial charge in [0.2, 0.25) is 0 Å². The van der Waals surface area contributed by atoms with E-state index >= 15 is 0 Å². The van der Waals surface area contributed by atoms with Gasteiger partial charge in [-0.2, -0.15) is 0 Å². The zero-order valence-corrected chi connectivity index (χ0v) is 14.2. The highest BCUT2D eigenvalue weighted by Gasteiger charge is 2.01. The normalized spacial score (nSPS) is 9.64. The predicted molar refractivity (Wildman–Crippen MR) is 92.1 cm³/mol. The lowest BCUT2D eigenvalue weighted by molar-refractivity contribution is 0.201. The first kappa shape index (κ1) is 18.4. The largest absolute Gasteiger partial charge is 0.494 e. The summed E-state index contributed by atoms with van der Waals surface area (Å²) in [6.07, 6.45) is 0. The van der Waals surface area contributed by atoms with Gasteiger partial charge in [-0.15, -0.1) is 0 Å². The van der Waals surface area contributed by atoms with Crippen LogP contribution < -0.4 is 9.47 Å². The van der Waals surface area contributed by atoms with Crippen LogP contribution in [0.2, 0.25) is 0 Å². The van der Waals surface area contributed by atoms with Crippen LogP contribution in [-0.2, 0) is 0 Å². The Morgan fingerprint density at radius 2 is 1.64 bits per heavy atom. The molecule has 120 valence electrons. The van der Waals surface area contributed by atoms with E-state index in [-0.39, 0.29) is 6.61 Å². The summed E-state index contributed by atoms with van der Waals surface area (Å²) in [5.74, 6) is 1.66. The molecule has 0 aliphatic rings. The van der Waals surface area contributed by atoms with Crippen molar-refractivity contribution in [3.8, 4) is 11.5 Å². The smallest absolute Gasteiger partial charge is 0.120 e. The minimum atomic E-state index is 0.0241. The summed E-state index contributed by atoms with van der Waals surface area (Å²) in [5.41, 5.74) is 0. The van der Waals surface area contributed by atoms with Gasteiger partial charge in [0.15, 0.2) is 0 Å². The van der Waals surface area contributed by atoms with E-state index in [1.807, 2.05) is 69.3 Å². The van der Waals surface area contributed by atoms with Gasteiger partial charge in [0.05, 0.1) is 13.2 Å². The number of aliphatic hydroxyl groups is 1. The standard InChI is InChI=1S/C16H18O3S.C2H6/c1-2-18-13-6-8-15(9-7-13)20-16-5-3-4-14(12-16)19-11-10-17;1-2/h3-9,12,17H,2,10-11H2,1H3;1-2H3. The Balaban J connectivity index is 0.00000116. The third-order valence-electron chi connectivity index (χ3n) is 2.54. The molecular weight excluding hydrogens is 296 g/mol. The van der Waals surface area contributed by atoms with Crippen LogP contribution in [-0.4, -0.2) is 24.9 Å². The molecule has 2 aromatic rings. The number of aliphatic hydroxyl groups excluding tert-OH is 1. The maximum absolute atomic E-state index is 8.76. The second kappa shape index (κ2) is 11.0. The highest BCUT2D eigenvalue weighted by molar-refractivity contribution is 7.99. The molecule has 2 rings (SSSR count). The summed E-state index contributed by atoms with van der Waals surface area (Å²) in [6.45, 7) is 6.99. The first-order valence-electron chi connectivity index (χ1n) is 7.56. The van der Waals surface area contributed by atoms with Gasteiger partial charge in [-0.1, -0.05) is 31.7 Å². The monoisotopic (exact) mass is 320 g/mol. The summed E-state index contributed by atoms with van der Waals surface area (Å²) in [5, 5.41) is 8.76. The van der Waals surface area contributed by atoms with E-state index in [1.165, 1.54) is 0 Å². The predicted octanol–water partition coefficient (Wildman–Crippen LogP) is 4.63. The molecule has 2 aromatic carbocycles. The quantitative estimate of drug-likeness (QED) is 0.807. The topological polar surface area (TPSA) is 38.7 Å². The second-order valence-corrected chi connectivity index (χ2v) is 5.20. The highest BCUT2D eigenvalue weighted by Crippen LogP contribution is 2.31. The van der Waals surface area contributed by atoms with Crippen molar-refractivity contribution < 1.29 is 14.6 Å². The van der Waals surface area contributed by atoms with Crippen LogP contribution in [0.15, 0.2) is 58.3 Å². The molecule has 0 aliphatic heterocycles. The van der Waals surface area contributed by atoms with E-state index in [0.717, 1.165) is 21.3 Å². The molecule has 0 spiro atoms. The van der Waals surface area contributed by atoms with E-state index < -0.39 is 0 Å². The first-order chi connectivity index (χ1) is 10.8. The van der Waals surface area contributed by atoms with E-state index in [9.17, 15) is 0 Å². The summed E-state index contributed by atoms with van der Waals surface area (Å²) >= 11 is 1.66. The van der Waals surface area contributed by atoms with Crippen LogP contribution in [0, 0.1) is 0 Å². The summed E-state index contributed by atoms with van der Waals surface area (Å²) in [6, 6.07) is 15.9. The number of hydrogen-bond donors (Lipinski definition) is 1. The van der Waals surface area contributed by atoms with E-state index in [0.29, 0.717) is 13.2 Å². The fraction of sp³-hybridized carbons (Fsp3) is 0.333. The Morgan fingerprint density at radius 1 is 0.909 bits per heavy atom. The lowest BCUT2D eigenvalue weighted by Gasteiger charge is -2.07. The van der Waals surface area contributed by atoms with Gasteiger partial charge in [-0.25, -0.2) is 0 Å². The van der Waals surface area contributed by atoms with Crippen LogP contribution in [0.5, 0.6) is 11.5 Å². The second-order valence-electron chi connectivity index (χ2n) is 4.05. The minimum absolute atomic E-state index is 0.0241. The molecule has 0 heterocycles. The Labute approximate surface area is 137 Å². The maximum atomic E-state index is 8.76. The van der Waals surface area contributed by atoms with Crippen LogP contribution in [0.1, 0.15) is 20.8 Å². The first-order valence-corrected chi connectivity index (χ1v) is 8.38. The molecule has 22 heavy (non-hydrogen) atoms. The zero-order valence-electron chi connectivity index (χ0n) is 13.4. The van der Waals surface area contributed by atoms with Crippen molar-refractivity contribution in [2.24, 2.45) is 0 Å². The van der Waals surface area contributed by atoms with Gasteiger partial charge in [-0.05, 0) is 49.4 Å². The van der Waals surface area contributed by atoms with Crippen molar-refractivity contribution in [3.05, 3.63) is 48.5 Å². The van der Waals surface area contributed by atoms with E-state index in [1.54, 1.807) is 11.8 Å². The van der Waals surface area contributed by atoms with Crippen LogP contribution in [0.4, 0.5) is 0 Å². The minimum Gasteiger partial charge on any atom is -0.494 e. The third kappa shape index (κ3) is 6.41. The molecule has 0 unspecified atom stereocenters. The van der Waals surface area contributed by atoms with Gasteiger partial charge < -0.3 is 14.6 Å². The molecule has 0 aliphatic carbocycles. The fourth-order valence-corrected chi connectivity index (χ4v) is 2.56. The lowest BCUT2D eigenvalue weighted by Crippen LogP contribution is -2.01. The molecule has 1 N–H and O–H groups in total. The molecule has 0 fully saturated rings. The summed E-state index contributed by atoms with van der Waals surface area (Å²) in [4.78, 5) is 2.25. The van der Waals surface area contributed by atoms with Crippen molar-refractivity contribution in [1.82, 2.24) is 0 Å². The van der Waals surface area contributed by atoms with Crippen molar-refractivity contribution in [1.29, 1.82) is 0 Å². The molecule has 0 bridgehead atoms. The fourth-order valence-electron chi connectivity index (χ4n) is 1.70. The van der Waals surface area contributed by atoms with Crippen LogP contribution in [0.25, 0.3) is 0 Å². The summed E-state index contributed by atoms with van der Waals surface area (Å²) < 4.78 is 10.8. The van der Waals surface area contributed by atoms with Gasteiger partial charge in [0, 0.05) is 9.79 Å². The van der Waals surface area contributed by atoms with Gasteiger partial charge in [-0.3, -0.25) is 0 Å².